The molecule has 0 aliphatic rings. The van der Waals surface area contributed by atoms with Gasteiger partial charge in [-0.25, -0.2) is 9.78 Å². The number of hydrogen-bond donors (Lipinski definition) is 1. The first-order valence-electron chi connectivity index (χ1n) is 5.32. The molecule has 0 unspecified atom stereocenters. The van der Waals surface area contributed by atoms with Gasteiger partial charge in [-0.2, -0.15) is 4.98 Å². The van der Waals surface area contributed by atoms with Crippen LogP contribution in [0.15, 0.2) is 22.2 Å². The largest absolute Gasteiger partial charge is 0.368 e. The van der Waals surface area contributed by atoms with E-state index in [-0.39, 0.29) is 18.1 Å². The maximum Gasteiger partial charge on any atom is 0.332 e. The van der Waals surface area contributed by atoms with Crippen LogP contribution < -0.4 is 17.0 Å². The van der Waals surface area contributed by atoms with Gasteiger partial charge < -0.3 is 5.73 Å². The summed E-state index contributed by atoms with van der Waals surface area (Å²) >= 11 is 0. The highest BCUT2D eigenvalue weighted by Crippen LogP contribution is 2.10. The molecule has 0 saturated carbocycles. The summed E-state index contributed by atoms with van der Waals surface area (Å²) in [5.74, 6) is 0.0328. The first kappa shape index (κ1) is 12.0. The Morgan fingerprint density at radius 3 is 2.67 bits per heavy atom. The lowest BCUT2D eigenvalue weighted by molar-refractivity contribution is 0.675. The van der Waals surface area contributed by atoms with Crippen molar-refractivity contribution in [1.82, 2.24) is 19.1 Å². The second-order valence-corrected chi connectivity index (χ2v) is 3.91. The number of allylic oxidation sites excluding steroid dienone is 1. The number of nitrogen functional groups attached to an aromatic ring is 1. The molecule has 7 heteroatoms. The summed E-state index contributed by atoms with van der Waals surface area (Å²) in [6, 6.07) is 0. The Kier molecular flexibility index (Phi) is 2.74. The third kappa shape index (κ3) is 1.60. The van der Waals surface area contributed by atoms with Gasteiger partial charge in [0, 0.05) is 13.6 Å². The van der Waals surface area contributed by atoms with E-state index in [9.17, 15) is 9.59 Å². The molecule has 0 atom stereocenters. The molecule has 18 heavy (non-hydrogen) atoms. The zero-order chi connectivity index (χ0) is 13.4. The van der Waals surface area contributed by atoms with Crippen molar-refractivity contribution in [3.63, 3.8) is 0 Å². The molecule has 94 valence electrons. The van der Waals surface area contributed by atoms with Gasteiger partial charge in [-0.3, -0.25) is 13.9 Å². The van der Waals surface area contributed by atoms with Crippen LogP contribution >= 0.6 is 0 Å². The van der Waals surface area contributed by atoms with E-state index in [2.05, 4.69) is 16.5 Å². The van der Waals surface area contributed by atoms with Gasteiger partial charge in [0.15, 0.2) is 5.65 Å². The Morgan fingerprint density at radius 2 is 2.06 bits per heavy atom. The van der Waals surface area contributed by atoms with Crippen LogP contribution in [0.2, 0.25) is 0 Å². The standard InChI is InChI=1S/C11H13N5O2/c1-4-5-16-8-7(6(2)13-10(12)14-8)9(17)15(3)11(16)18/h4H,1,5H2,2-3H3,(H2,12,13,14). The van der Waals surface area contributed by atoms with Gasteiger partial charge in [0.2, 0.25) is 5.95 Å². The summed E-state index contributed by atoms with van der Waals surface area (Å²) in [6.07, 6.45) is 1.55. The number of anilines is 1. The minimum atomic E-state index is -0.454. The summed E-state index contributed by atoms with van der Waals surface area (Å²) in [4.78, 5) is 32.0. The van der Waals surface area contributed by atoms with Gasteiger partial charge in [-0.1, -0.05) is 6.08 Å². The molecule has 0 aliphatic carbocycles. The molecule has 0 radical (unpaired) electrons. The van der Waals surface area contributed by atoms with E-state index >= 15 is 0 Å². The van der Waals surface area contributed by atoms with Crippen molar-refractivity contribution in [2.24, 2.45) is 7.05 Å². The van der Waals surface area contributed by atoms with Crippen molar-refractivity contribution in [3.8, 4) is 0 Å². The lowest BCUT2D eigenvalue weighted by atomic mass is 10.3. The Balaban J connectivity index is 3.12. The normalized spacial score (nSPS) is 10.8. The second kappa shape index (κ2) is 4.10. The highest BCUT2D eigenvalue weighted by molar-refractivity contribution is 5.77. The molecule has 0 fully saturated rings. The molecule has 0 bridgehead atoms. The van der Waals surface area contributed by atoms with Crippen LogP contribution in [0.4, 0.5) is 5.95 Å². The number of fused-ring (bicyclic) bond motifs is 1. The summed E-state index contributed by atoms with van der Waals surface area (Å²) in [5, 5.41) is 0.299. The van der Waals surface area contributed by atoms with Gasteiger partial charge in [0.1, 0.15) is 5.39 Å². The number of aromatic nitrogens is 4. The van der Waals surface area contributed by atoms with Crippen LogP contribution in [0.3, 0.4) is 0 Å². The SMILES string of the molecule is C=CCn1c(=O)n(C)c(=O)c2c(C)nc(N)nc21. The van der Waals surface area contributed by atoms with E-state index in [1.54, 1.807) is 13.0 Å². The second-order valence-electron chi connectivity index (χ2n) is 3.91. The summed E-state index contributed by atoms with van der Waals surface area (Å²) < 4.78 is 2.37. The van der Waals surface area contributed by atoms with Crippen molar-refractivity contribution in [2.45, 2.75) is 13.5 Å². The van der Waals surface area contributed by atoms with Crippen LogP contribution in [0, 0.1) is 6.92 Å². The van der Waals surface area contributed by atoms with E-state index in [1.807, 2.05) is 0 Å². The molecule has 2 heterocycles. The van der Waals surface area contributed by atoms with E-state index < -0.39 is 11.2 Å². The van der Waals surface area contributed by atoms with Crippen molar-refractivity contribution in [2.75, 3.05) is 5.73 Å². The van der Waals surface area contributed by atoms with Gasteiger partial charge in [-0.15, -0.1) is 6.58 Å². The van der Waals surface area contributed by atoms with Crippen molar-refractivity contribution >= 4 is 17.0 Å². The molecule has 0 aliphatic heterocycles. The molecule has 2 N–H and O–H groups in total. The van der Waals surface area contributed by atoms with E-state index in [1.165, 1.54) is 11.6 Å². The molecule has 7 nitrogen and oxygen atoms in total. The number of aryl methyl sites for hydroxylation is 1. The van der Waals surface area contributed by atoms with Gasteiger partial charge in [0.25, 0.3) is 5.56 Å². The minimum Gasteiger partial charge on any atom is -0.368 e. The molecule has 0 amide bonds. The fourth-order valence-corrected chi connectivity index (χ4v) is 1.84. The van der Waals surface area contributed by atoms with Crippen LogP contribution in [0.5, 0.6) is 0 Å². The smallest absolute Gasteiger partial charge is 0.332 e. The molecule has 0 aromatic carbocycles. The van der Waals surface area contributed by atoms with Crippen LogP contribution in [0.25, 0.3) is 11.0 Å². The third-order valence-electron chi connectivity index (χ3n) is 2.69. The first-order valence-corrected chi connectivity index (χ1v) is 5.32. The zero-order valence-electron chi connectivity index (χ0n) is 10.2. The van der Waals surface area contributed by atoms with Crippen LogP contribution in [-0.4, -0.2) is 19.1 Å². The lowest BCUT2D eigenvalue weighted by Gasteiger charge is -2.10. The maximum atomic E-state index is 12.0. The van der Waals surface area contributed by atoms with Crippen molar-refractivity contribution < 1.29 is 0 Å². The predicted molar refractivity (Wildman–Crippen MR) is 68.4 cm³/mol. The Labute approximate surface area is 102 Å². The molecule has 2 aromatic rings. The van der Waals surface area contributed by atoms with Crippen molar-refractivity contribution in [3.05, 3.63) is 39.2 Å². The number of hydrogen-bond acceptors (Lipinski definition) is 5. The molecular formula is C11H13N5O2. The van der Waals surface area contributed by atoms with E-state index in [0.29, 0.717) is 11.1 Å². The third-order valence-corrected chi connectivity index (χ3v) is 2.69. The summed E-state index contributed by atoms with van der Waals surface area (Å²) in [5.41, 5.74) is 5.38. The average Bonchev–Trinajstić information content (AvgIpc) is 2.31. The van der Waals surface area contributed by atoms with Gasteiger partial charge in [0.05, 0.1) is 5.69 Å². The quantitative estimate of drug-likeness (QED) is 0.726. The number of nitrogens with zero attached hydrogens (tertiary/aromatic N) is 4. The summed E-state index contributed by atoms with van der Waals surface area (Å²) in [7, 11) is 1.42. The predicted octanol–water partition coefficient (Wildman–Crippen LogP) is -0.433. The van der Waals surface area contributed by atoms with Gasteiger partial charge in [-0.05, 0) is 6.92 Å². The maximum absolute atomic E-state index is 12.0. The molecule has 2 aromatic heterocycles. The molecule has 2 rings (SSSR count). The van der Waals surface area contributed by atoms with Crippen LogP contribution in [0.1, 0.15) is 5.69 Å². The minimum absolute atomic E-state index is 0.0328. The lowest BCUT2D eigenvalue weighted by Crippen LogP contribution is -2.39. The van der Waals surface area contributed by atoms with Gasteiger partial charge >= 0.3 is 5.69 Å². The average molecular weight is 247 g/mol. The highest BCUT2D eigenvalue weighted by Gasteiger charge is 2.14. The Bertz CT molecular complexity index is 757. The summed E-state index contributed by atoms with van der Waals surface area (Å²) in [6.45, 7) is 5.49. The monoisotopic (exact) mass is 247 g/mol. The number of nitrogens with two attached hydrogens (primary N) is 1. The first-order chi connectivity index (χ1) is 8.47. The van der Waals surface area contributed by atoms with Crippen molar-refractivity contribution in [1.29, 1.82) is 0 Å². The molecule has 0 spiro atoms. The van der Waals surface area contributed by atoms with E-state index in [0.717, 1.165) is 4.57 Å². The highest BCUT2D eigenvalue weighted by atomic mass is 16.2. The number of rotatable bonds is 2. The Morgan fingerprint density at radius 1 is 1.39 bits per heavy atom. The fourth-order valence-electron chi connectivity index (χ4n) is 1.84. The van der Waals surface area contributed by atoms with Crippen LogP contribution in [-0.2, 0) is 13.6 Å². The molecular weight excluding hydrogens is 234 g/mol. The fraction of sp³-hybridized carbons (Fsp3) is 0.273. The topological polar surface area (TPSA) is 95.8 Å². The van der Waals surface area contributed by atoms with E-state index in [4.69, 9.17) is 5.73 Å². The zero-order valence-corrected chi connectivity index (χ0v) is 10.2. The Hall–Kier alpha value is -2.44. The molecule has 0 saturated heterocycles.